The van der Waals surface area contributed by atoms with Crippen molar-refractivity contribution in [3.05, 3.63) is 58.4 Å². The summed E-state index contributed by atoms with van der Waals surface area (Å²) in [6.07, 6.45) is 1.79. The van der Waals surface area contributed by atoms with E-state index in [2.05, 4.69) is 10.1 Å². The maximum Gasteiger partial charge on any atom is 0.161 e. The third-order valence-corrected chi connectivity index (χ3v) is 4.95. The minimum Gasteiger partial charge on any atom is -0.496 e. The molecule has 1 aliphatic heterocycles. The lowest BCUT2D eigenvalue weighted by atomic mass is 9.97. The van der Waals surface area contributed by atoms with Crippen LogP contribution >= 0.6 is 0 Å². The van der Waals surface area contributed by atoms with Crippen molar-refractivity contribution in [1.82, 2.24) is 4.90 Å². The van der Waals surface area contributed by atoms with Gasteiger partial charge < -0.3 is 14.5 Å². The molecule has 6 heteroatoms. The molecule has 148 valence electrons. The van der Waals surface area contributed by atoms with E-state index in [-0.39, 0.29) is 5.82 Å². The van der Waals surface area contributed by atoms with E-state index >= 15 is 0 Å². The standard InChI is InChI=1S/C22H26FN3O2/c1-6-26(4)13-24-19-11-18(23)17(10-14(19)2)22-12-20(25-28-22)16-7-8-21(27-5)15(3)9-16/h7-11,13,22H,6,12H2,1-5H3/b24-13+. The number of aliphatic imine (C=N–C) groups is 1. The van der Waals surface area contributed by atoms with Crippen LogP contribution in [0, 0.1) is 19.7 Å². The van der Waals surface area contributed by atoms with E-state index < -0.39 is 6.10 Å². The topological polar surface area (TPSA) is 46.4 Å². The van der Waals surface area contributed by atoms with Gasteiger partial charge in [0, 0.05) is 31.6 Å². The number of methoxy groups -OCH3 is 1. The van der Waals surface area contributed by atoms with Gasteiger partial charge >= 0.3 is 0 Å². The molecule has 28 heavy (non-hydrogen) atoms. The molecule has 1 aliphatic rings. The zero-order valence-electron chi connectivity index (χ0n) is 17.0. The summed E-state index contributed by atoms with van der Waals surface area (Å²) in [4.78, 5) is 11.9. The Labute approximate surface area is 165 Å². The van der Waals surface area contributed by atoms with E-state index in [4.69, 9.17) is 9.57 Å². The van der Waals surface area contributed by atoms with Gasteiger partial charge in [-0.1, -0.05) is 5.16 Å². The van der Waals surface area contributed by atoms with Gasteiger partial charge in [0.15, 0.2) is 6.10 Å². The Morgan fingerprint density at radius 3 is 2.75 bits per heavy atom. The van der Waals surface area contributed by atoms with Crippen molar-refractivity contribution in [2.75, 3.05) is 20.7 Å². The van der Waals surface area contributed by atoms with Gasteiger partial charge in [-0.2, -0.15) is 0 Å². The van der Waals surface area contributed by atoms with E-state index in [9.17, 15) is 4.39 Å². The zero-order valence-corrected chi connectivity index (χ0v) is 17.0. The number of ether oxygens (including phenoxy) is 1. The first-order valence-electron chi connectivity index (χ1n) is 9.35. The lowest BCUT2D eigenvalue weighted by molar-refractivity contribution is 0.0829. The molecule has 0 aromatic heterocycles. The number of rotatable bonds is 6. The average Bonchev–Trinajstić information content (AvgIpc) is 3.17. The summed E-state index contributed by atoms with van der Waals surface area (Å²) < 4.78 is 20.0. The largest absolute Gasteiger partial charge is 0.496 e. The number of benzene rings is 2. The summed E-state index contributed by atoms with van der Waals surface area (Å²) in [7, 11) is 3.57. The predicted molar refractivity (Wildman–Crippen MR) is 110 cm³/mol. The van der Waals surface area contributed by atoms with Crippen LogP contribution in [0.5, 0.6) is 5.75 Å². The molecule has 1 atom stereocenters. The van der Waals surface area contributed by atoms with Crippen LogP contribution in [0.3, 0.4) is 0 Å². The van der Waals surface area contributed by atoms with Crippen LogP contribution in [-0.2, 0) is 4.84 Å². The van der Waals surface area contributed by atoms with Crippen molar-refractivity contribution in [3.8, 4) is 5.75 Å². The molecule has 0 fully saturated rings. The van der Waals surface area contributed by atoms with E-state index in [1.807, 2.05) is 50.9 Å². The summed E-state index contributed by atoms with van der Waals surface area (Å²) in [6.45, 7) is 6.77. The molecule has 0 amide bonds. The van der Waals surface area contributed by atoms with E-state index in [0.29, 0.717) is 17.7 Å². The Bertz CT molecular complexity index is 924. The van der Waals surface area contributed by atoms with Crippen LogP contribution in [0.15, 0.2) is 40.5 Å². The molecule has 0 saturated carbocycles. The minimum atomic E-state index is -0.438. The molecule has 1 unspecified atom stereocenters. The van der Waals surface area contributed by atoms with Gasteiger partial charge in [-0.05, 0) is 61.7 Å². The first-order chi connectivity index (χ1) is 13.4. The molecule has 0 aliphatic carbocycles. The molecule has 2 aromatic rings. The van der Waals surface area contributed by atoms with Crippen molar-refractivity contribution in [1.29, 1.82) is 0 Å². The fourth-order valence-electron chi connectivity index (χ4n) is 3.09. The van der Waals surface area contributed by atoms with Crippen LogP contribution in [0.25, 0.3) is 0 Å². The molecule has 5 nitrogen and oxygen atoms in total. The molecule has 2 aromatic carbocycles. The van der Waals surface area contributed by atoms with Crippen LogP contribution in [-0.4, -0.2) is 37.7 Å². The fourth-order valence-corrected chi connectivity index (χ4v) is 3.09. The van der Waals surface area contributed by atoms with Gasteiger partial charge in [-0.3, -0.25) is 0 Å². The summed E-state index contributed by atoms with van der Waals surface area (Å²) in [5, 5.41) is 4.20. The van der Waals surface area contributed by atoms with Gasteiger partial charge in [-0.25, -0.2) is 9.38 Å². The van der Waals surface area contributed by atoms with Gasteiger partial charge in [0.2, 0.25) is 0 Å². The van der Waals surface area contributed by atoms with Crippen molar-refractivity contribution < 1.29 is 14.0 Å². The number of nitrogens with zero attached hydrogens (tertiary/aromatic N) is 3. The highest BCUT2D eigenvalue weighted by atomic mass is 19.1. The maximum atomic E-state index is 14.7. The summed E-state index contributed by atoms with van der Waals surface area (Å²) in [5.74, 6) is 0.496. The van der Waals surface area contributed by atoms with Crippen LogP contribution in [0.2, 0.25) is 0 Å². The molecule has 0 radical (unpaired) electrons. The number of oxime groups is 1. The Hall–Kier alpha value is -2.89. The zero-order chi connectivity index (χ0) is 20.3. The summed E-state index contributed by atoms with van der Waals surface area (Å²) in [5.41, 5.74) is 4.80. The second kappa shape index (κ2) is 8.42. The second-order valence-corrected chi connectivity index (χ2v) is 7.00. The fraction of sp³-hybridized carbons (Fsp3) is 0.364. The van der Waals surface area contributed by atoms with E-state index in [0.717, 1.165) is 34.7 Å². The van der Waals surface area contributed by atoms with Crippen molar-refractivity contribution >= 4 is 17.7 Å². The first kappa shape index (κ1) is 19.9. The molecular weight excluding hydrogens is 357 g/mol. The van der Waals surface area contributed by atoms with Crippen molar-refractivity contribution in [2.24, 2.45) is 10.1 Å². The lowest BCUT2D eigenvalue weighted by Gasteiger charge is -2.13. The number of hydrogen-bond donors (Lipinski definition) is 0. The van der Waals surface area contributed by atoms with Crippen LogP contribution in [0.4, 0.5) is 10.1 Å². The van der Waals surface area contributed by atoms with Gasteiger partial charge in [-0.15, -0.1) is 0 Å². The normalized spacial score (nSPS) is 16.2. The van der Waals surface area contributed by atoms with Gasteiger partial charge in [0.25, 0.3) is 0 Å². The van der Waals surface area contributed by atoms with Crippen molar-refractivity contribution in [2.45, 2.75) is 33.3 Å². The predicted octanol–water partition coefficient (Wildman–Crippen LogP) is 4.93. The highest BCUT2D eigenvalue weighted by Gasteiger charge is 2.27. The molecule has 3 rings (SSSR count). The van der Waals surface area contributed by atoms with E-state index in [1.165, 1.54) is 6.07 Å². The summed E-state index contributed by atoms with van der Waals surface area (Å²) >= 11 is 0. The first-order valence-corrected chi connectivity index (χ1v) is 9.35. The third-order valence-electron chi connectivity index (χ3n) is 4.95. The molecular formula is C22H26FN3O2. The highest BCUT2D eigenvalue weighted by molar-refractivity contribution is 6.01. The monoisotopic (exact) mass is 383 g/mol. The Morgan fingerprint density at radius 1 is 1.29 bits per heavy atom. The van der Waals surface area contributed by atoms with E-state index in [1.54, 1.807) is 19.5 Å². The lowest BCUT2D eigenvalue weighted by Crippen LogP contribution is -2.14. The number of hydrogen-bond acceptors (Lipinski definition) is 4. The SMILES string of the molecule is CCN(C)/C=N/c1cc(F)c(C2CC(c3ccc(OC)c(C)c3)=NO2)cc1C. The van der Waals surface area contributed by atoms with Crippen LogP contribution in [0.1, 0.15) is 41.7 Å². The molecule has 0 spiro atoms. The molecule has 0 N–H and O–H groups in total. The molecule has 0 bridgehead atoms. The second-order valence-electron chi connectivity index (χ2n) is 7.00. The van der Waals surface area contributed by atoms with Gasteiger partial charge in [0.1, 0.15) is 11.6 Å². The Kier molecular flexibility index (Phi) is 5.97. The maximum absolute atomic E-state index is 14.7. The number of aryl methyl sites for hydroxylation is 2. The quantitative estimate of drug-likeness (QED) is 0.525. The van der Waals surface area contributed by atoms with Crippen molar-refractivity contribution in [3.63, 3.8) is 0 Å². The Balaban J connectivity index is 1.78. The smallest absolute Gasteiger partial charge is 0.161 e. The third kappa shape index (κ3) is 4.16. The molecule has 1 heterocycles. The molecule has 0 saturated heterocycles. The van der Waals surface area contributed by atoms with Gasteiger partial charge in [0.05, 0.1) is 24.8 Å². The summed E-state index contributed by atoms with van der Waals surface area (Å²) in [6, 6.07) is 9.12. The highest BCUT2D eigenvalue weighted by Crippen LogP contribution is 2.34. The average molecular weight is 383 g/mol. The Morgan fingerprint density at radius 2 is 2.07 bits per heavy atom. The minimum absolute atomic E-state index is 0.329. The van der Waals surface area contributed by atoms with Crippen LogP contribution < -0.4 is 4.74 Å². The number of halogens is 1.